The molecule has 0 aliphatic carbocycles. The quantitative estimate of drug-likeness (QED) is 0.412. The summed E-state index contributed by atoms with van der Waals surface area (Å²) in [5.41, 5.74) is -0.616. The summed E-state index contributed by atoms with van der Waals surface area (Å²) in [7, 11) is 1.56. The van der Waals surface area contributed by atoms with Crippen LogP contribution in [0.25, 0.3) is 5.69 Å². The molecule has 1 aliphatic heterocycles. The third-order valence-electron chi connectivity index (χ3n) is 5.55. The predicted molar refractivity (Wildman–Crippen MR) is 116 cm³/mol. The molecule has 1 amide bonds. The molecule has 2 heterocycles. The molecule has 3 aromatic rings. The molecule has 9 nitrogen and oxygen atoms in total. The average molecular weight is 475 g/mol. The van der Waals surface area contributed by atoms with Crippen LogP contribution in [0.4, 0.5) is 24.5 Å². The van der Waals surface area contributed by atoms with Gasteiger partial charge in [-0.1, -0.05) is 0 Å². The number of benzene rings is 2. The zero-order valence-corrected chi connectivity index (χ0v) is 18.0. The Morgan fingerprint density at radius 3 is 2.32 bits per heavy atom. The number of alkyl halides is 3. The lowest BCUT2D eigenvalue weighted by atomic mass is 10.1. The number of hydrogen-bond acceptors (Lipinski definition) is 6. The number of methoxy groups -OCH3 is 1. The maximum Gasteiger partial charge on any atom is 0.416 e. The lowest BCUT2D eigenvalue weighted by Gasteiger charge is -2.35. The maximum atomic E-state index is 13.0. The number of nitrogens with zero attached hydrogens (tertiary/aromatic N) is 5. The molecule has 1 saturated heterocycles. The molecular formula is C22H20F3N5O4. The highest BCUT2D eigenvalue weighted by atomic mass is 19.4. The molecule has 12 heteroatoms. The van der Waals surface area contributed by atoms with E-state index in [9.17, 15) is 28.1 Å². The Morgan fingerprint density at radius 1 is 1.06 bits per heavy atom. The molecule has 0 saturated carbocycles. The van der Waals surface area contributed by atoms with Crippen LogP contribution in [0.3, 0.4) is 0 Å². The van der Waals surface area contributed by atoms with Crippen molar-refractivity contribution in [3.8, 4) is 11.4 Å². The summed E-state index contributed by atoms with van der Waals surface area (Å²) in [5, 5.41) is 15.7. The van der Waals surface area contributed by atoms with Crippen molar-refractivity contribution < 1.29 is 27.6 Å². The average Bonchev–Trinajstić information content (AvgIpc) is 3.33. The summed E-state index contributed by atoms with van der Waals surface area (Å²) in [5.74, 6) is 0.396. The molecule has 178 valence electrons. The van der Waals surface area contributed by atoms with Crippen molar-refractivity contribution in [2.45, 2.75) is 6.18 Å². The van der Waals surface area contributed by atoms with Gasteiger partial charge >= 0.3 is 6.18 Å². The fraction of sp³-hybridized carbons (Fsp3) is 0.273. The third-order valence-corrected chi connectivity index (χ3v) is 5.55. The molecular weight excluding hydrogens is 455 g/mol. The first-order valence-electron chi connectivity index (χ1n) is 10.3. The number of nitro benzene ring substituents is 1. The zero-order chi connectivity index (χ0) is 24.5. The standard InChI is InChI=1S/C22H20F3N5O4/c1-34-17-5-3-16(4-6-17)29-9-8-18(26-29)21(31)28-12-10-27(11-13-28)19-7-2-15(22(23,24)25)14-20(19)30(32)33/h2-9,14H,10-13H2,1H3. The van der Waals surface area contributed by atoms with Gasteiger partial charge in [0.15, 0.2) is 5.69 Å². The van der Waals surface area contributed by atoms with Crippen molar-refractivity contribution in [2.24, 2.45) is 0 Å². The Hall–Kier alpha value is -4.09. The Bertz CT molecular complexity index is 1200. The fourth-order valence-corrected chi connectivity index (χ4v) is 3.74. The van der Waals surface area contributed by atoms with Crippen molar-refractivity contribution in [1.29, 1.82) is 0 Å². The largest absolute Gasteiger partial charge is 0.497 e. The van der Waals surface area contributed by atoms with Crippen LogP contribution in [-0.4, -0.2) is 58.8 Å². The number of aromatic nitrogens is 2. The first-order valence-corrected chi connectivity index (χ1v) is 10.3. The number of amides is 1. The van der Waals surface area contributed by atoms with E-state index in [-0.39, 0.29) is 43.5 Å². The van der Waals surface area contributed by atoms with E-state index in [1.165, 1.54) is 0 Å². The smallest absolute Gasteiger partial charge is 0.416 e. The van der Waals surface area contributed by atoms with Gasteiger partial charge in [-0.2, -0.15) is 18.3 Å². The second-order valence-electron chi connectivity index (χ2n) is 7.58. The van der Waals surface area contributed by atoms with Crippen molar-refractivity contribution in [3.63, 3.8) is 0 Å². The lowest BCUT2D eigenvalue weighted by molar-refractivity contribution is -0.384. The van der Waals surface area contributed by atoms with Crippen LogP contribution in [0.15, 0.2) is 54.7 Å². The van der Waals surface area contributed by atoms with Crippen LogP contribution in [0.2, 0.25) is 0 Å². The molecule has 0 radical (unpaired) electrons. The Labute approximate surface area is 192 Å². The number of piperazine rings is 1. The van der Waals surface area contributed by atoms with Gasteiger partial charge in [-0.25, -0.2) is 4.68 Å². The molecule has 0 atom stereocenters. The number of carbonyl (C=O) groups excluding carboxylic acids is 1. The van der Waals surface area contributed by atoms with E-state index >= 15 is 0 Å². The Kier molecular flexibility index (Phi) is 6.14. The second-order valence-corrected chi connectivity index (χ2v) is 7.58. The normalized spacial score (nSPS) is 14.2. The molecule has 2 aromatic carbocycles. The molecule has 0 unspecified atom stereocenters. The van der Waals surface area contributed by atoms with Gasteiger partial charge in [-0.3, -0.25) is 14.9 Å². The monoisotopic (exact) mass is 475 g/mol. The van der Waals surface area contributed by atoms with Crippen LogP contribution in [0.1, 0.15) is 16.1 Å². The van der Waals surface area contributed by atoms with Gasteiger partial charge in [0, 0.05) is 38.4 Å². The fourth-order valence-electron chi connectivity index (χ4n) is 3.74. The van der Waals surface area contributed by atoms with E-state index in [1.807, 2.05) is 0 Å². The molecule has 1 aliphatic rings. The summed E-state index contributed by atoms with van der Waals surface area (Å²) >= 11 is 0. The Morgan fingerprint density at radius 2 is 1.74 bits per heavy atom. The van der Waals surface area contributed by atoms with Crippen LogP contribution < -0.4 is 9.64 Å². The first-order chi connectivity index (χ1) is 16.2. The van der Waals surface area contributed by atoms with E-state index in [0.29, 0.717) is 11.8 Å². The van der Waals surface area contributed by atoms with Crippen molar-refractivity contribution in [3.05, 3.63) is 76.1 Å². The van der Waals surface area contributed by atoms with Gasteiger partial charge < -0.3 is 14.5 Å². The summed E-state index contributed by atoms with van der Waals surface area (Å²) in [6, 6.07) is 11.2. The number of carbonyl (C=O) groups is 1. The van der Waals surface area contributed by atoms with Gasteiger partial charge in [0.1, 0.15) is 11.4 Å². The highest BCUT2D eigenvalue weighted by molar-refractivity contribution is 5.92. The number of rotatable bonds is 5. The number of hydrogen-bond donors (Lipinski definition) is 0. The molecule has 34 heavy (non-hydrogen) atoms. The predicted octanol–water partition coefficient (Wildman–Crippen LogP) is 3.77. The van der Waals surface area contributed by atoms with E-state index in [2.05, 4.69) is 5.10 Å². The molecule has 0 bridgehead atoms. The first kappa shape index (κ1) is 23.1. The minimum atomic E-state index is -4.68. The molecule has 1 aromatic heterocycles. The topological polar surface area (TPSA) is 93.7 Å². The van der Waals surface area contributed by atoms with Crippen LogP contribution in [0.5, 0.6) is 5.75 Å². The van der Waals surface area contributed by atoms with Gasteiger partial charge in [0.05, 0.1) is 23.3 Å². The van der Waals surface area contributed by atoms with Gasteiger partial charge in [-0.15, -0.1) is 0 Å². The highest BCUT2D eigenvalue weighted by Gasteiger charge is 2.34. The minimum Gasteiger partial charge on any atom is -0.497 e. The summed E-state index contributed by atoms with van der Waals surface area (Å²) < 4.78 is 45.6. The summed E-state index contributed by atoms with van der Waals surface area (Å²) in [6.07, 6.45) is -3.01. The number of anilines is 1. The minimum absolute atomic E-state index is 0.0916. The summed E-state index contributed by atoms with van der Waals surface area (Å²) in [6.45, 7) is 0.951. The van der Waals surface area contributed by atoms with Crippen LogP contribution in [0, 0.1) is 10.1 Å². The molecule has 4 rings (SSSR count). The number of ether oxygens (including phenoxy) is 1. The maximum absolute atomic E-state index is 13.0. The van der Waals surface area contributed by atoms with Gasteiger partial charge in [-0.05, 0) is 42.5 Å². The van der Waals surface area contributed by atoms with Crippen LogP contribution in [-0.2, 0) is 6.18 Å². The Balaban J connectivity index is 1.44. The summed E-state index contributed by atoms with van der Waals surface area (Å²) in [4.78, 5) is 26.6. The van der Waals surface area contributed by atoms with E-state index in [4.69, 9.17) is 4.74 Å². The second kappa shape index (κ2) is 9.04. The van der Waals surface area contributed by atoms with E-state index in [0.717, 1.165) is 17.8 Å². The van der Waals surface area contributed by atoms with Crippen molar-refractivity contribution >= 4 is 17.3 Å². The zero-order valence-electron chi connectivity index (χ0n) is 18.0. The molecule has 0 spiro atoms. The lowest BCUT2D eigenvalue weighted by Crippen LogP contribution is -2.49. The third kappa shape index (κ3) is 4.65. The van der Waals surface area contributed by atoms with Gasteiger partial charge in [0.2, 0.25) is 0 Å². The number of nitro groups is 1. The van der Waals surface area contributed by atoms with Crippen molar-refractivity contribution in [1.82, 2.24) is 14.7 Å². The SMILES string of the molecule is COc1ccc(-n2ccc(C(=O)N3CCN(c4ccc(C(F)(F)F)cc4[N+](=O)[O-])CC3)n2)cc1. The van der Waals surface area contributed by atoms with Crippen molar-refractivity contribution in [2.75, 3.05) is 38.2 Å². The van der Waals surface area contributed by atoms with E-state index in [1.54, 1.807) is 58.1 Å². The van der Waals surface area contributed by atoms with E-state index < -0.39 is 22.4 Å². The molecule has 0 N–H and O–H groups in total. The van der Waals surface area contributed by atoms with Crippen LogP contribution >= 0.6 is 0 Å². The number of halogens is 3. The molecule has 1 fully saturated rings. The highest BCUT2D eigenvalue weighted by Crippen LogP contribution is 2.36. The van der Waals surface area contributed by atoms with Gasteiger partial charge in [0.25, 0.3) is 11.6 Å².